The van der Waals surface area contributed by atoms with E-state index in [1.165, 1.54) is 6.07 Å². The number of hydrogen-bond donors (Lipinski definition) is 1. The third-order valence-corrected chi connectivity index (χ3v) is 3.49. The summed E-state index contributed by atoms with van der Waals surface area (Å²) < 4.78 is 43.6. The molecule has 1 aliphatic rings. The summed E-state index contributed by atoms with van der Waals surface area (Å²) >= 11 is 4.89. The lowest BCUT2D eigenvalue weighted by molar-refractivity contribution is -0.137. The zero-order valence-corrected chi connectivity index (χ0v) is 11.7. The predicted molar refractivity (Wildman–Crippen MR) is 75.0 cm³/mol. The SMILES string of the molecule is CC1COCCN1c1ccc(C(F)(F)F)cc1C(N)=S. The van der Waals surface area contributed by atoms with Gasteiger partial charge < -0.3 is 15.4 Å². The molecule has 0 spiro atoms. The van der Waals surface area contributed by atoms with Gasteiger partial charge in [0, 0.05) is 23.8 Å². The lowest BCUT2D eigenvalue weighted by Gasteiger charge is -2.36. The van der Waals surface area contributed by atoms with Gasteiger partial charge in [-0.15, -0.1) is 0 Å². The number of thiocarbonyl (C=S) groups is 1. The first-order valence-electron chi connectivity index (χ1n) is 6.16. The van der Waals surface area contributed by atoms with E-state index < -0.39 is 11.7 Å². The van der Waals surface area contributed by atoms with Crippen LogP contribution in [0.15, 0.2) is 18.2 Å². The fraction of sp³-hybridized carbons (Fsp3) is 0.462. The minimum Gasteiger partial charge on any atom is -0.389 e. The maximum atomic E-state index is 12.8. The molecule has 1 unspecified atom stereocenters. The summed E-state index contributed by atoms with van der Waals surface area (Å²) in [6.45, 7) is 3.60. The number of halogens is 3. The van der Waals surface area contributed by atoms with Crippen molar-refractivity contribution < 1.29 is 17.9 Å². The van der Waals surface area contributed by atoms with Crippen molar-refractivity contribution in [3.05, 3.63) is 29.3 Å². The Morgan fingerprint density at radius 3 is 2.70 bits per heavy atom. The quantitative estimate of drug-likeness (QED) is 0.852. The number of rotatable bonds is 2. The molecule has 0 aliphatic carbocycles. The number of nitrogens with two attached hydrogens (primary N) is 1. The molecule has 7 heteroatoms. The Morgan fingerprint density at radius 2 is 2.15 bits per heavy atom. The molecule has 1 fully saturated rings. The highest BCUT2D eigenvalue weighted by molar-refractivity contribution is 7.80. The van der Waals surface area contributed by atoms with Gasteiger partial charge in [0.2, 0.25) is 0 Å². The summed E-state index contributed by atoms with van der Waals surface area (Å²) in [6, 6.07) is 3.56. The number of ether oxygens (including phenoxy) is 1. The van der Waals surface area contributed by atoms with Crippen LogP contribution >= 0.6 is 12.2 Å². The highest BCUT2D eigenvalue weighted by Gasteiger charge is 2.32. The standard InChI is InChI=1S/C13H15F3N2OS/c1-8-7-19-5-4-18(8)11-3-2-9(13(14,15)16)6-10(11)12(17)20/h2-3,6,8H,4-5,7H2,1H3,(H2,17,20). The maximum absolute atomic E-state index is 12.8. The first-order chi connectivity index (χ1) is 9.30. The van der Waals surface area contributed by atoms with Crippen molar-refractivity contribution in [2.75, 3.05) is 24.7 Å². The minimum absolute atomic E-state index is 0.0372. The van der Waals surface area contributed by atoms with Crippen molar-refractivity contribution in [2.45, 2.75) is 19.1 Å². The smallest absolute Gasteiger partial charge is 0.389 e. The van der Waals surface area contributed by atoms with E-state index in [2.05, 4.69) is 0 Å². The molecule has 1 saturated heterocycles. The van der Waals surface area contributed by atoms with Crippen LogP contribution in [-0.4, -0.2) is 30.8 Å². The van der Waals surface area contributed by atoms with Crippen molar-refractivity contribution in [3.63, 3.8) is 0 Å². The van der Waals surface area contributed by atoms with E-state index in [0.29, 0.717) is 25.4 Å². The lowest BCUT2D eigenvalue weighted by atomic mass is 10.1. The van der Waals surface area contributed by atoms with E-state index in [-0.39, 0.29) is 16.6 Å². The fourth-order valence-corrected chi connectivity index (χ4v) is 2.41. The zero-order chi connectivity index (χ0) is 14.9. The molecular formula is C13H15F3N2OS. The van der Waals surface area contributed by atoms with Gasteiger partial charge in [-0.25, -0.2) is 0 Å². The van der Waals surface area contributed by atoms with Crippen LogP contribution in [0.1, 0.15) is 18.1 Å². The van der Waals surface area contributed by atoms with Gasteiger partial charge in [-0.3, -0.25) is 0 Å². The van der Waals surface area contributed by atoms with Gasteiger partial charge in [0.1, 0.15) is 4.99 Å². The summed E-state index contributed by atoms with van der Waals surface area (Å²) in [4.78, 5) is 1.93. The molecule has 2 rings (SSSR count). The Labute approximate surface area is 120 Å². The van der Waals surface area contributed by atoms with Gasteiger partial charge in [-0.05, 0) is 25.1 Å². The molecule has 1 atom stereocenters. The molecule has 110 valence electrons. The van der Waals surface area contributed by atoms with Crippen LogP contribution in [-0.2, 0) is 10.9 Å². The molecule has 3 nitrogen and oxygen atoms in total. The molecule has 0 bridgehead atoms. The topological polar surface area (TPSA) is 38.5 Å². The molecule has 1 heterocycles. The summed E-state index contributed by atoms with van der Waals surface area (Å²) in [7, 11) is 0. The summed E-state index contributed by atoms with van der Waals surface area (Å²) in [5.74, 6) is 0. The average molecular weight is 304 g/mol. The third-order valence-electron chi connectivity index (χ3n) is 3.27. The Bertz CT molecular complexity index is 519. The summed E-state index contributed by atoms with van der Waals surface area (Å²) in [5, 5.41) is 0. The van der Waals surface area contributed by atoms with Crippen LogP contribution in [0.3, 0.4) is 0 Å². The van der Waals surface area contributed by atoms with E-state index in [1.54, 1.807) is 0 Å². The molecule has 0 aromatic heterocycles. The Balaban J connectivity index is 2.45. The van der Waals surface area contributed by atoms with Crippen molar-refractivity contribution in [2.24, 2.45) is 5.73 Å². The van der Waals surface area contributed by atoms with Crippen molar-refractivity contribution in [1.82, 2.24) is 0 Å². The normalized spacial score (nSPS) is 20.0. The predicted octanol–water partition coefficient (Wildman–Crippen LogP) is 2.56. The van der Waals surface area contributed by atoms with Gasteiger partial charge in [0.15, 0.2) is 0 Å². The second kappa shape index (κ2) is 5.57. The Kier molecular flexibility index (Phi) is 4.19. The molecule has 0 radical (unpaired) electrons. The molecule has 1 aliphatic heterocycles. The van der Waals surface area contributed by atoms with Gasteiger partial charge in [0.05, 0.1) is 18.8 Å². The van der Waals surface area contributed by atoms with Gasteiger partial charge in [-0.1, -0.05) is 12.2 Å². The van der Waals surface area contributed by atoms with Gasteiger partial charge in [0.25, 0.3) is 0 Å². The van der Waals surface area contributed by atoms with E-state index in [1.807, 2.05) is 11.8 Å². The highest BCUT2D eigenvalue weighted by atomic mass is 32.1. The third kappa shape index (κ3) is 3.04. The molecule has 0 amide bonds. The molecule has 1 aromatic carbocycles. The lowest BCUT2D eigenvalue weighted by Crippen LogP contribution is -2.44. The number of nitrogens with zero attached hydrogens (tertiary/aromatic N) is 1. The first kappa shape index (κ1) is 15.1. The van der Waals surface area contributed by atoms with E-state index in [9.17, 15) is 13.2 Å². The van der Waals surface area contributed by atoms with Crippen LogP contribution in [0.5, 0.6) is 0 Å². The number of anilines is 1. The molecule has 20 heavy (non-hydrogen) atoms. The number of alkyl halides is 3. The maximum Gasteiger partial charge on any atom is 0.416 e. The Morgan fingerprint density at radius 1 is 1.45 bits per heavy atom. The van der Waals surface area contributed by atoms with Crippen LogP contribution in [0.25, 0.3) is 0 Å². The fourth-order valence-electron chi connectivity index (χ4n) is 2.25. The molecular weight excluding hydrogens is 289 g/mol. The second-order valence-electron chi connectivity index (χ2n) is 4.71. The number of hydrogen-bond acceptors (Lipinski definition) is 3. The van der Waals surface area contributed by atoms with Gasteiger partial charge >= 0.3 is 6.18 Å². The van der Waals surface area contributed by atoms with Crippen LogP contribution in [0.4, 0.5) is 18.9 Å². The van der Waals surface area contributed by atoms with E-state index in [4.69, 9.17) is 22.7 Å². The summed E-state index contributed by atoms with van der Waals surface area (Å²) in [6.07, 6.45) is -4.41. The average Bonchev–Trinajstić information content (AvgIpc) is 2.37. The van der Waals surface area contributed by atoms with Crippen LogP contribution in [0, 0.1) is 0 Å². The molecule has 1 aromatic rings. The number of morpholine rings is 1. The minimum atomic E-state index is -4.41. The van der Waals surface area contributed by atoms with Gasteiger partial charge in [-0.2, -0.15) is 13.2 Å². The van der Waals surface area contributed by atoms with E-state index >= 15 is 0 Å². The second-order valence-corrected chi connectivity index (χ2v) is 5.15. The first-order valence-corrected chi connectivity index (χ1v) is 6.57. The van der Waals surface area contributed by atoms with Crippen LogP contribution in [0.2, 0.25) is 0 Å². The van der Waals surface area contributed by atoms with Crippen molar-refractivity contribution in [3.8, 4) is 0 Å². The number of benzene rings is 1. The largest absolute Gasteiger partial charge is 0.416 e. The highest BCUT2D eigenvalue weighted by Crippen LogP contribution is 2.33. The van der Waals surface area contributed by atoms with Crippen molar-refractivity contribution >= 4 is 22.9 Å². The molecule has 0 saturated carbocycles. The van der Waals surface area contributed by atoms with Crippen LogP contribution < -0.4 is 10.6 Å². The monoisotopic (exact) mass is 304 g/mol. The zero-order valence-electron chi connectivity index (χ0n) is 10.9. The van der Waals surface area contributed by atoms with E-state index in [0.717, 1.165) is 12.1 Å². The van der Waals surface area contributed by atoms with Crippen molar-refractivity contribution in [1.29, 1.82) is 0 Å². The summed E-state index contributed by atoms with van der Waals surface area (Å²) in [5.41, 5.74) is 5.72. The molecule has 2 N–H and O–H groups in total. The Hall–Kier alpha value is -1.34.